The average Bonchev–Trinajstić information content (AvgIpc) is 2.04. The summed E-state index contributed by atoms with van der Waals surface area (Å²) < 4.78 is 0. The summed E-state index contributed by atoms with van der Waals surface area (Å²) in [7, 11) is 1.87. The van der Waals surface area contributed by atoms with Gasteiger partial charge in [-0.25, -0.2) is 0 Å². The molecule has 0 heterocycles. The lowest BCUT2D eigenvalue weighted by molar-refractivity contribution is 0.101. The Labute approximate surface area is 72.6 Å². The van der Waals surface area contributed by atoms with E-state index in [0.29, 0.717) is 0 Å². The maximum absolute atomic E-state index is 11.0. The van der Waals surface area contributed by atoms with Gasteiger partial charge in [0.1, 0.15) is 0 Å². The van der Waals surface area contributed by atoms with Gasteiger partial charge in [0.2, 0.25) is 0 Å². The summed E-state index contributed by atoms with van der Waals surface area (Å²) in [5, 5.41) is 3.05. The molecular weight excluding hydrogens is 150 g/mol. The molecule has 12 heavy (non-hydrogen) atoms. The third-order valence-electron chi connectivity index (χ3n) is 1.90. The third kappa shape index (κ3) is 1.64. The normalized spacial score (nSPS) is 9.58. The summed E-state index contributed by atoms with van der Waals surface area (Å²) >= 11 is 0. The molecule has 2 heteroatoms. The van der Waals surface area contributed by atoms with Crippen LogP contribution in [0.25, 0.3) is 0 Å². The van der Waals surface area contributed by atoms with Gasteiger partial charge in [0.25, 0.3) is 0 Å². The molecule has 0 saturated carbocycles. The Bertz CT molecular complexity index is 305. The minimum Gasteiger partial charge on any atom is -0.388 e. The molecule has 0 radical (unpaired) electrons. The van der Waals surface area contributed by atoms with Crippen molar-refractivity contribution in [2.75, 3.05) is 12.4 Å². The molecule has 0 aliphatic carbocycles. The predicted octanol–water partition coefficient (Wildman–Crippen LogP) is 2.24. The van der Waals surface area contributed by atoms with E-state index >= 15 is 0 Å². The molecule has 0 bridgehead atoms. The van der Waals surface area contributed by atoms with E-state index in [0.717, 1.165) is 16.8 Å². The van der Waals surface area contributed by atoms with E-state index in [9.17, 15) is 4.79 Å². The van der Waals surface area contributed by atoms with Gasteiger partial charge in [-0.3, -0.25) is 4.79 Å². The lowest BCUT2D eigenvalue weighted by atomic mass is 10.1. The van der Waals surface area contributed by atoms with Crippen LogP contribution in [0.4, 0.5) is 5.69 Å². The standard InChI is InChI=1S/C10H13NO/c1-7-6-9(8(2)12)4-5-10(7)11-3/h4-6,11H,1-3H3. The van der Waals surface area contributed by atoms with Crippen molar-refractivity contribution in [2.45, 2.75) is 13.8 Å². The second-order valence-electron chi connectivity index (χ2n) is 2.84. The lowest BCUT2D eigenvalue weighted by Crippen LogP contribution is -1.96. The zero-order valence-corrected chi connectivity index (χ0v) is 7.64. The fourth-order valence-corrected chi connectivity index (χ4v) is 1.16. The molecule has 0 spiro atoms. The predicted molar refractivity (Wildman–Crippen MR) is 50.7 cm³/mol. The average molecular weight is 163 g/mol. The van der Waals surface area contributed by atoms with E-state index in [1.165, 1.54) is 0 Å². The Morgan fingerprint density at radius 3 is 2.50 bits per heavy atom. The van der Waals surface area contributed by atoms with Gasteiger partial charge >= 0.3 is 0 Å². The van der Waals surface area contributed by atoms with Crippen LogP contribution in [-0.4, -0.2) is 12.8 Å². The molecule has 1 rings (SSSR count). The number of Topliss-reactive ketones (excluding diaryl/α,β-unsaturated/α-hetero) is 1. The fraction of sp³-hybridized carbons (Fsp3) is 0.300. The molecule has 0 unspecified atom stereocenters. The number of hydrogen-bond acceptors (Lipinski definition) is 2. The lowest BCUT2D eigenvalue weighted by Gasteiger charge is -2.05. The number of carbonyl (C=O) groups is 1. The van der Waals surface area contributed by atoms with Gasteiger partial charge in [0, 0.05) is 18.3 Å². The molecule has 0 fully saturated rings. The topological polar surface area (TPSA) is 29.1 Å². The molecule has 64 valence electrons. The Kier molecular flexibility index (Phi) is 2.48. The first-order valence-electron chi connectivity index (χ1n) is 3.94. The molecule has 0 amide bonds. The van der Waals surface area contributed by atoms with Crippen LogP contribution < -0.4 is 5.32 Å². The van der Waals surface area contributed by atoms with Crippen LogP contribution in [-0.2, 0) is 0 Å². The van der Waals surface area contributed by atoms with Gasteiger partial charge in [0.15, 0.2) is 5.78 Å². The molecule has 1 aromatic rings. The first-order valence-corrected chi connectivity index (χ1v) is 3.94. The Morgan fingerprint density at radius 2 is 2.08 bits per heavy atom. The Hall–Kier alpha value is -1.31. The van der Waals surface area contributed by atoms with E-state index in [1.54, 1.807) is 6.92 Å². The summed E-state index contributed by atoms with van der Waals surface area (Å²) in [5.74, 6) is 0.112. The maximum atomic E-state index is 11.0. The van der Waals surface area contributed by atoms with E-state index < -0.39 is 0 Å². The van der Waals surface area contributed by atoms with Crippen molar-refractivity contribution in [3.8, 4) is 0 Å². The molecule has 0 saturated heterocycles. The summed E-state index contributed by atoms with van der Waals surface area (Å²) in [4.78, 5) is 11.0. The second kappa shape index (κ2) is 3.39. The number of rotatable bonds is 2. The summed E-state index contributed by atoms with van der Waals surface area (Å²) in [5.41, 5.74) is 2.94. The van der Waals surface area contributed by atoms with Crippen molar-refractivity contribution in [3.05, 3.63) is 29.3 Å². The van der Waals surface area contributed by atoms with Crippen molar-refractivity contribution >= 4 is 11.5 Å². The number of benzene rings is 1. The van der Waals surface area contributed by atoms with Gasteiger partial charge < -0.3 is 5.32 Å². The highest BCUT2D eigenvalue weighted by molar-refractivity contribution is 5.94. The van der Waals surface area contributed by atoms with Crippen molar-refractivity contribution < 1.29 is 4.79 Å². The number of nitrogens with one attached hydrogen (secondary N) is 1. The molecule has 0 aliphatic rings. The monoisotopic (exact) mass is 163 g/mol. The smallest absolute Gasteiger partial charge is 0.159 e. The van der Waals surface area contributed by atoms with Crippen LogP contribution in [0.3, 0.4) is 0 Å². The minimum atomic E-state index is 0.112. The first-order chi connectivity index (χ1) is 5.65. The summed E-state index contributed by atoms with van der Waals surface area (Å²) in [6, 6.07) is 5.65. The maximum Gasteiger partial charge on any atom is 0.159 e. The highest BCUT2D eigenvalue weighted by atomic mass is 16.1. The molecule has 1 N–H and O–H groups in total. The third-order valence-corrected chi connectivity index (χ3v) is 1.90. The van der Waals surface area contributed by atoms with Gasteiger partial charge in [0.05, 0.1) is 0 Å². The summed E-state index contributed by atoms with van der Waals surface area (Å²) in [6.45, 7) is 3.56. The number of carbonyl (C=O) groups excluding carboxylic acids is 1. The minimum absolute atomic E-state index is 0.112. The first kappa shape index (κ1) is 8.78. The highest BCUT2D eigenvalue weighted by Gasteiger charge is 2.01. The van der Waals surface area contributed by atoms with Gasteiger partial charge in [-0.05, 0) is 37.6 Å². The molecule has 0 aromatic heterocycles. The Balaban J connectivity index is 3.10. The van der Waals surface area contributed by atoms with Gasteiger partial charge in [-0.2, -0.15) is 0 Å². The number of hydrogen-bond donors (Lipinski definition) is 1. The van der Waals surface area contributed by atoms with E-state index in [4.69, 9.17) is 0 Å². The SMILES string of the molecule is CNc1ccc(C(C)=O)cc1C. The van der Waals surface area contributed by atoms with Crippen molar-refractivity contribution in [2.24, 2.45) is 0 Å². The molecule has 2 nitrogen and oxygen atoms in total. The quantitative estimate of drug-likeness (QED) is 0.677. The second-order valence-corrected chi connectivity index (χ2v) is 2.84. The number of ketones is 1. The van der Waals surface area contributed by atoms with Crippen LogP contribution in [0.15, 0.2) is 18.2 Å². The number of anilines is 1. The molecule has 0 aliphatic heterocycles. The molecule has 0 atom stereocenters. The van der Waals surface area contributed by atoms with Crippen LogP contribution in [0.5, 0.6) is 0 Å². The van der Waals surface area contributed by atoms with Crippen LogP contribution >= 0.6 is 0 Å². The Morgan fingerprint density at radius 1 is 1.42 bits per heavy atom. The zero-order chi connectivity index (χ0) is 9.14. The number of aryl methyl sites for hydroxylation is 1. The van der Waals surface area contributed by atoms with Crippen molar-refractivity contribution in [1.29, 1.82) is 0 Å². The van der Waals surface area contributed by atoms with Crippen LogP contribution in [0.1, 0.15) is 22.8 Å². The van der Waals surface area contributed by atoms with Crippen molar-refractivity contribution in [3.63, 3.8) is 0 Å². The molecular formula is C10H13NO. The van der Waals surface area contributed by atoms with E-state index in [-0.39, 0.29) is 5.78 Å². The van der Waals surface area contributed by atoms with Gasteiger partial charge in [-0.1, -0.05) is 0 Å². The van der Waals surface area contributed by atoms with Crippen LogP contribution in [0.2, 0.25) is 0 Å². The van der Waals surface area contributed by atoms with E-state index in [1.807, 2.05) is 32.2 Å². The van der Waals surface area contributed by atoms with Crippen molar-refractivity contribution in [1.82, 2.24) is 0 Å². The highest BCUT2D eigenvalue weighted by Crippen LogP contribution is 2.15. The van der Waals surface area contributed by atoms with Gasteiger partial charge in [-0.15, -0.1) is 0 Å². The zero-order valence-electron chi connectivity index (χ0n) is 7.64. The fourth-order valence-electron chi connectivity index (χ4n) is 1.16. The summed E-state index contributed by atoms with van der Waals surface area (Å²) in [6.07, 6.45) is 0. The largest absolute Gasteiger partial charge is 0.388 e. The van der Waals surface area contributed by atoms with E-state index in [2.05, 4.69) is 5.32 Å². The van der Waals surface area contributed by atoms with Crippen LogP contribution in [0, 0.1) is 6.92 Å². The molecule has 1 aromatic carbocycles.